The molecule has 1 aromatic heterocycles. The van der Waals surface area contributed by atoms with Gasteiger partial charge in [-0.2, -0.15) is 0 Å². The van der Waals surface area contributed by atoms with Crippen LogP contribution in [0.5, 0.6) is 0 Å². The van der Waals surface area contributed by atoms with Crippen LogP contribution < -0.4 is 0 Å². The van der Waals surface area contributed by atoms with E-state index in [1.54, 1.807) is 0 Å². The molecule has 2 atom stereocenters. The number of hydrogen-bond acceptors (Lipinski definition) is 2. The number of hydrogen-bond donors (Lipinski definition) is 0. The minimum atomic E-state index is 0. The number of unbranched alkanes of at least 4 members (excludes halogenated alkanes) is 1. The van der Waals surface area contributed by atoms with Crippen LogP contribution in [0.3, 0.4) is 0 Å². The summed E-state index contributed by atoms with van der Waals surface area (Å²) in [7, 11) is 0. The molecule has 2 heteroatoms. The summed E-state index contributed by atoms with van der Waals surface area (Å²) in [5.74, 6) is 1.73. The molecular formula is C37H59NO. The molecule has 1 fully saturated rings. The number of carbonyl (C=O) groups excluding carboxylic acids is 1. The zero-order valence-corrected chi connectivity index (χ0v) is 26.2. The maximum absolute atomic E-state index is 13.0. The van der Waals surface area contributed by atoms with Crippen LogP contribution in [0.15, 0.2) is 36.5 Å². The highest BCUT2D eigenvalue weighted by Gasteiger charge is 2.29. The van der Waals surface area contributed by atoms with Crippen molar-refractivity contribution in [2.45, 2.75) is 138 Å². The van der Waals surface area contributed by atoms with Crippen LogP contribution in [-0.2, 0) is 25.7 Å². The Kier molecular flexibility index (Phi) is 12.7. The fraction of sp³-hybridized carbons (Fsp3) is 0.676. The summed E-state index contributed by atoms with van der Waals surface area (Å²) in [5, 5.41) is 0. The average Bonchev–Trinajstić information content (AvgIpc) is 3.49. The standard InChI is InChI=1S/C30H43NO.C7H14.H2/c1-6-17-30(4,5)18-9-8-10-24-11-13-27-20-25(14-15-26(27)19-24)22(3)29(32)28-16-12-23(7-2)21-31-28;1-2-7-5-3-4-6-7;/h11-13,16,19,21-22,25H,6-10,14-15,17-18,20H2,1-5H3;7H,2-6H2,1H3;1H/t22?,25-;;/m0../s1. The van der Waals surface area contributed by atoms with Crippen LogP contribution in [-0.4, -0.2) is 10.8 Å². The van der Waals surface area contributed by atoms with Gasteiger partial charge in [-0.25, -0.2) is 0 Å². The van der Waals surface area contributed by atoms with Crippen molar-refractivity contribution >= 4 is 5.78 Å². The number of rotatable bonds is 12. The van der Waals surface area contributed by atoms with Gasteiger partial charge in [0, 0.05) is 13.5 Å². The lowest BCUT2D eigenvalue weighted by atomic mass is 9.75. The monoisotopic (exact) mass is 533 g/mol. The highest BCUT2D eigenvalue weighted by atomic mass is 16.1. The van der Waals surface area contributed by atoms with Crippen LogP contribution in [0.2, 0.25) is 0 Å². The van der Waals surface area contributed by atoms with Crippen LogP contribution in [0.4, 0.5) is 0 Å². The third-order valence-corrected chi connectivity index (χ3v) is 9.69. The maximum atomic E-state index is 13.0. The van der Waals surface area contributed by atoms with E-state index in [4.69, 9.17) is 0 Å². The fourth-order valence-corrected chi connectivity index (χ4v) is 6.80. The second-order valence-corrected chi connectivity index (χ2v) is 13.3. The summed E-state index contributed by atoms with van der Waals surface area (Å²) in [5.41, 5.74) is 6.73. The number of benzene rings is 1. The highest BCUT2D eigenvalue weighted by Crippen LogP contribution is 2.33. The van der Waals surface area contributed by atoms with Gasteiger partial charge in [-0.15, -0.1) is 0 Å². The first-order chi connectivity index (χ1) is 18.8. The van der Waals surface area contributed by atoms with E-state index < -0.39 is 0 Å². The first-order valence-corrected chi connectivity index (χ1v) is 16.4. The van der Waals surface area contributed by atoms with E-state index in [2.05, 4.69) is 64.7 Å². The Morgan fingerprint density at radius 3 is 2.33 bits per heavy atom. The SMILES string of the molecule is CCC1CCCC1.CCCC(C)(C)CCCCc1ccc2c(c1)CC[C@H](C(C)C(=O)c1ccc(CC)cn1)C2.[HH]. The molecule has 2 aliphatic carbocycles. The van der Waals surface area contributed by atoms with Crippen molar-refractivity contribution < 1.29 is 6.22 Å². The second-order valence-electron chi connectivity index (χ2n) is 13.3. The minimum Gasteiger partial charge on any atom is -0.292 e. The summed E-state index contributed by atoms with van der Waals surface area (Å²) in [6.45, 7) is 13.6. The van der Waals surface area contributed by atoms with Crippen molar-refractivity contribution in [1.82, 2.24) is 4.98 Å². The molecule has 39 heavy (non-hydrogen) atoms. The van der Waals surface area contributed by atoms with E-state index in [9.17, 15) is 4.79 Å². The van der Waals surface area contributed by atoms with Crippen molar-refractivity contribution in [3.8, 4) is 0 Å². The number of pyridine rings is 1. The van der Waals surface area contributed by atoms with Gasteiger partial charge in [0.05, 0.1) is 0 Å². The predicted molar refractivity (Wildman–Crippen MR) is 170 cm³/mol. The zero-order valence-electron chi connectivity index (χ0n) is 26.2. The van der Waals surface area contributed by atoms with Crippen molar-refractivity contribution in [2.75, 3.05) is 0 Å². The Morgan fingerprint density at radius 2 is 1.72 bits per heavy atom. The Morgan fingerprint density at radius 1 is 0.974 bits per heavy atom. The van der Waals surface area contributed by atoms with Crippen molar-refractivity contribution in [2.24, 2.45) is 23.2 Å². The fourth-order valence-electron chi connectivity index (χ4n) is 6.80. The number of fused-ring (bicyclic) bond motifs is 1. The first-order valence-electron chi connectivity index (χ1n) is 16.4. The van der Waals surface area contributed by atoms with E-state index in [-0.39, 0.29) is 13.1 Å². The second kappa shape index (κ2) is 15.7. The average molecular weight is 534 g/mol. The number of Topliss-reactive ketones (excluding diaryl/α,β-unsaturated/α-hetero) is 1. The molecule has 0 radical (unpaired) electrons. The largest absolute Gasteiger partial charge is 0.292 e. The molecule has 2 aliphatic rings. The summed E-state index contributed by atoms with van der Waals surface area (Å²) in [4.78, 5) is 17.4. The molecule has 1 aromatic carbocycles. The quantitative estimate of drug-likeness (QED) is 0.201. The number of nitrogens with zero attached hydrogens (tertiary/aromatic N) is 1. The summed E-state index contributed by atoms with van der Waals surface area (Å²) < 4.78 is 0. The minimum absolute atomic E-state index is 0. The molecule has 0 aliphatic heterocycles. The van der Waals surface area contributed by atoms with Gasteiger partial charge in [-0.3, -0.25) is 9.78 Å². The number of ketones is 1. The molecular weight excluding hydrogens is 474 g/mol. The molecule has 4 rings (SSSR count). The highest BCUT2D eigenvalue weighted by molar-refractivity contribution is 5.96. The van der Waals surface area contributed by atoms with Gasteiger partial charge < -0.3 is 0 Å². The van der Waals surface area contributed by atoms with Gasteiger partial charge >= 0.3 is 0 Å². The third-order valence-electron chi connectivity index (χ3n) is 9.69. The molecule has 0 saturated heterocycles. The van der Waals surface area contributed by atoms with E-state index in [1.807, 2.05) is 18.3 Å². The van der Waals surface area contributed by atoms with Crippen LogP contribution in [0.1, 0.15) is 146 Å². The Labute approximate surface area is 242 Å². The smallest absolute Gasteiger partial charge is 0.184 e. The lowest BCUT2D eigenvalue weighted by molar-refractivity contribution is 0.0873. The van der Waals surface area contributed by atoms with Crippen molar-refractivity contribution in [3.63, 3.8) is 0 Å². The zero-order chi connectivity index (χ0) is 28.3. The Balaban J connectivity index is 0.000000610. The summed E-state index contributed by atoms with van der Waals surface area (Å²) in [6, 6.07) is 11.1. The van der Waals surface area contributed by atoms with Crippen molar-refractivity contribution in [1.29, 1.82) is 0 Å². The van der Waals surface area contributed by atoms with Crippen LogP contribution in [0.25, 0.3) is 0 Å². The number of aromatic nitrogens is 1. The molecule has 2 aromatic rings. The van der Waals surface area contributed by atoms with Crippen molar-refractivity contribution in [3.05, 3.63) is 64.5 Å². The number of carbonyl (C=O) groups is 1. The van der Waals surface area contributed by atoms with Crippen LogP contribution >= 0.6 is 0 Å². The van der Waals surface area contributed by atoms with E-state index in [0.29, 0.717) is 17.0 Å². The molecule has 1 heterocycles. The summed E-state index contributed by atoms with van der Waals surface area (Å²) in [6.07, 6.45) is 21.2. The lowest BCUT2D eigenvalue weighted by Gasteiger charge is -2.29. The van der Waals surface area contributed by atoms with Gasteiger partial charge in [0.1, 0.15) is 5.69 Å². The molecule has 0 N–H and O–H groups in total. The molecule has 1 saturated carbocycles. The molecule has 218 valence electrons. The van der Waals surface area contributed by atoms with Crippen LogP contribution in [0, 0.1) is 23.2 Å². The number of aryl methyl sites for hydroxylation is 3. The molecule has 0 spiro atoms. The maximum Gasteiger partial charge on any atom is 0.184 e. The first kappa shape index (κ1) is 31.6. The van der Waals surface area contributed by atoms with E-state index >= 15 is 0 Å². The molecule has 1 unspecified atom stereocenters. The normalized spacial score (nSPS) is 18.3. The van der Waals surface area contributed by atoms with E-state index in [0.717, 1.165) is 31.6 Å². The molecule has 0 amide bonds. The van der Waals surface area contributed by atoms with Gasteiger partial charge in [-0.1, -0.05) is 111 Å². The van der Waals surface area contributed by atoms with E-state index in [1.165, 1.54) is 92.9 Å². The topological polar surface area (TPSA) is 30.0 Å². The van der Waals surface area contributed by atoms with Gasteiger partial charge in [0.25, 0.3) is 0 Å². The molecule has 2 nitrogen and oxygen atoms in total. The Hall–Kier alpha value is -1.96. The summed E-state index contributed by atoms with van der Waals surface area (Å²) >= 11 is 0. The predicted octanol–water partition coefficient (Wildman–Crippen LogP) is 10.6. The van der Waals surface area contributed by atoms with Gasteiger partial charge in [0.2, 0.25) is 0 Å². The van der Waals surface area contributed by atoms with Gasteiger partial charge in [0.15, 0.2) is 5.78 Å². The van der Waals surface area contributed by atoms with Gasteiger partial charge in [-0.05, 0) is 96.9 Å². The molecule has 0 bridgehead atoms. The Bertz CT molecular complexity index is 1010. The lowest BCUT2D eigenvalue weighted by Crippen LogP contribution is -2.27. The third kappa shape index (κ3) is 9.87.